The number of amides is 1. The maximum Gasteiger partial charge on any atom is 0.272 e. The third kappa shape index (κ3) is 4.03. The zero-order valence-corrected chi connectivity index (χ0v) is 16.7. The lowest BCUT2D eigenvalue weighted by molar-refractivity contribution is -0.135. The second-order valence-corrected chi connectivity index (χ2v) is 7.30. The molecule has 1 unspecified atom stereocenters. The molecule has 3 aromatic rings. The van der Waals surface area contributed by atoms with Crippen LogP contribution in [0.5, 0.6) is 5.88 Å². The van der Waals surface area contributed by atoms with E-state index in [1.165, 1.54) is 10.6 Å². The molecule has 1 aliphatic rings. The van der Waals surface area contributed by atoms with Crippen LogP contribution in [0, 0.1) is 6.92 Å². The Labute approximate surface area is 167 Å². The summed E-state index contributed by atoms with van der Waals surface area (Å²) in [6.07, 6.45) is 3.65. The summed E-state index contributed by atoms with van der Waals surface area (Å²) in [6.45, 7) is 4.89. The first kappa shape index (κ1) is 19.2. The highest BCUT2D eigenvalue weighted by Gasteiger charge is 2.29. The van der Waals surface area contributed by atoms with Crippen LogP contribution in [-0.4, -0.2) is 43.7 Å². The number of nitrogens with zero attached hydrogens (tertiary/aromatic N) is 4. The lowest BCUT2D eigenvalue weighted by Crippen LogP contribution is -2.38. The van der Waals surface area contributed by atoms with Gasteiger partial charge >= 0.3 is 0 Å². The van der Waals surface area contributed by atoms with Crippen LogP contribution in [0.3, 0.4) is 0 Å². The Kier molecular flexibility index (Phi) is 5.37. The van der Waals surface area contributed by atoms with Gasteiger partial charge in [0.1, 0.15) is 5.76 Å². The Hall–Kier alpha value is -3.10. The molecule has 1 N–H and O–H groups in total. The number of likely N-dealkylation sites (tertiary alicyclic amines) is 1. The zero-order chi connectivity index (χ0) is 20.4. The molecule has 29 heavy (non-hydrogen) atoms. The molecule has 0 spiro atoms. The molecule has 0 saturated carbocycles. The van der Waals surface area contributed by atoms with Gasteiger partial charge in [-0.05, 0) is 38.3 Å². The SMILES string of the molecule is CCOc1cc(CCC(=O)N2CCCCC2c2cc3nc(C)cc(=O)n3[nH]2)on1. The first-order chi connectivity index (χ1) is 14.0. The Balaban J connectivity index is 1.50. The molecule has 0 aromatic carbocycles. The lowest BCUT2D eigenvalue weighted by Gasteiger charge is -2.35. The molecule has 3 aromatic heterocycles. The summed E-state index contributed by atoms with van der Waals surface area (Å²) in [6, 6.07) is 5.00. The molecule has 1 amide bonds. The Morgan fingerprint density at radius 1 is 1.34 bits per heavy atom. The molecule has 0 radical (unpaired) electrons. The van der Waals surface area contributed by atoms with Crippen LogP contribution < -0.4 is 10.3 Å². The van der Waals surface area contributed by atoms with Crippen LogP contribution in [-0.2, 0) is 11.2 Å². The number of aromatic amines is 1. The van der Waals surface area contributed by atoms with Crippen LogP contribution in [0.4, 0.5) is 0 Å². The van der Waals surface area contributed by atoms with Crippen LogP contribution in [0.25, 0.3) is 5.65 Å². The fraction of sp³-hybridized carbons (Fsp3) is 0.500. The number of aryl methyl sites for hydroxylation is 2. The van der Waals surface area contributed by atoms with Crippen molar-refractivity contribution in [1.82, 2.24) is 24.7 Å². The summed E-state index contributed by atoms with van der Waals surface area (Å²) < 4.78 is 12.0. The minimum Gasteiger partial charge on any atom is -0.476 e. The van der Waals surface area contributed by atoms with E-state index < -0.39 is 0 Å². The van der Waals surface area contributed by atoms with Crippen molar-refractivity contribution >= 4 is 11.6 Å². The van der Waals surface area contributed by atoms with Crippen molar-refractivity contribution in [2.24, 2.45) is 0 Å². The van der Waals surface area contributed by atoms with Crippen molar-refractivity contribution in [1.29, 1.82) is 0 Å². The van der Waals surface area contributed by atoms with Gasteiger partial charge in [-0.3, -0.25) is 14.7 Å². The van der Waals surface area contributed by atoms with E-state index in [1.807, 2.05) is 17.9 Å². The lowest BCUT2D eigenvalue weighted by atomic mass is 9.98. The second-order valence-electron chi connectivity index (χ2n) is 7.30. The van der Waals surface area contributed by atoms with Crippen LogP contribution in [0.2, 0.25) is 0 Å². The maximum absolute atomic E-state index is 13.0. The number of hydrogen-bond acceptors (Lipinski definition) is 6. The normalized spacial score (nSPS) is 17.0. The second kappa shape index (κ2) is 8.10. The smallest absolute Gasteiger partial charge is 0.272 e. The first-order valence-electron chi connectivity index (χ1n) is 10.0. The van der Waals surface area contributed by atoms with Crippen molar-refractivity contribution in [2.75, 3.05) is 13.2 Å². The van der Waals surface area contributed by atoms with Crippen molar-refractivity contribution in [3.63, 3.8) is 0 Å². The highest BCUT2D eigenvalue weighted by atomic mass is 16.5. The number of carbonyl (C=O) groups is 1. The minimum atomic E-state index is -0.150. The van der Waals surface area contributed by atoms with Crippen LogP contribution >= 0.6 is 0 Å². The number of H-pyrrole nitrogens is 1. The molecule has 154 valence electrons. The number of fused-ring (bicyclic) bond motifs is 1. The Morgan fingerprint density at radius 2 is 2.21 bits per heavy atom. The number of ether oxygens (including phenoxy) is 1. The van der Waals surface area contributed by atoms with Gasteiger partial charge in [0.15, 0.2) is 5.65 Å². The number of carbonyl (C=O) groups excluding carboxylic acids is 1. The largest absolute Gasteiger partial charge is 0.476 e. The van der Waals surface area contributed by atoms with Gasteiger partial charge in [0, 0.05) is 43.3 Å². The summed E-state index contributed by atoms with van der Waals surface area (Å²) in [4.78, 5) is 31.5. The molecule has 9 heteroatoms. The van der Waals surface area contributed by atoms with Gasteiger partial charge in [-0.1, -0.05) is 0 Å². The van der Waals surface area contributed by atoms with Crippen molar-refractivity contribution in [3.8, 4) is 5.88 Å². The summed E-state index contributed by atoms with van der Waals surface area (Å²) in [5, 5.41) is 6.97. The summed E-state index contributed by atoms with van der Waals surface area (Å²) in [7, 11) is 0. The maximum atomic E-state index is 13.0. The fourth-order valence-corrected chi connectivity index (χ4v) is 3.85. The number of nitrogens with one attached hydrogen (secondary N) is 1. The zero-order valence-electron chi connectivity index (χ0n) is 16.7. The third-order valence-electron chi connectivity index (χ3n) is 5.20. The standard InChI is InChI=1S/C20H25N5O4/c1-3-28-18-11-14(29-23-18)7-8-19(26)24-9-5-4-6-16(24)15-12-17-21-13(2)10-20(27)25(17)22-15/h10-12,16,22H,3-9H2,1-2H3. The molecule has 0 bridgehead atoms. The van der Waals surface area contributed by atoms with E-state index in [0.29, 0.717) is 49.0 Å². The molecule has 1 fully saturated rings. The van der Waals surface area contributed by atoms with E-state index >= 15 is 0 Å². The van der Waals surface area contributed by atoms with Gasteiger partial charge in [-0.15, -0.1) is 0 Å². The monoisotopic (exact) mass is 399 g/mol. The van der Waals surface area contributed by atoms with E-state index in [4.69, 9.17) is 9.26 Å². The molecule has 1 atom stereocenters. The highest BCUT2D eigenvalue weighted by molar-refractivity contribution is 5.77. The van der Waals surface area contributed by atoms with Gasteiger partial charge < -0.3 is 14.2 Å². The van der Waals surface area contributed by atoms with Gasteiger partial charge in [0.2, 0.25) is 5.91 Å². The van der Waals surface area contributed by atoms with E-state index in [1.54, 1.807) is 13.0 Å². The number of piperidine rings is 1. The van der Waals surface area contributed by atoms with Crippen molar-refractivity contribution in [2.45, 2.75) is 52.0 Å². The van der Waals surface area contributed by atoms with E-state index in [9.17, 15) is 9.59 Å². The summed E-state index contributed by atoms with van der Waals surface area (Å²) >= 11 is 0. The molecular weight excluding hydrogens is 374 g/mol. The molecule has 1 aliphatic heterocycles. The average Bonchev–Trinajstić information content (AvgIpc) is 3.33. The minimum absolute atomic E-state index is 0.0548. The molecule has 4 rings (SSSR count). The van der Waals surface area contributed by atoms with E-state index in [-0.39, 0.29) is 17.5 Å². The number of hydrogen-bond donors (Lipinski definition) is 1. The Bertz CT molecular complexity index is 1070. The van der Waals surface area contributed by atoms with E-state index in [2.05, 4.69) is 15.2 Å². The van der Waals surface area contributed by atoms with Crippen molar-refractivity contribution in [3.05, 3.63) is 45.7 Å². The third-order valence-corrected chi connectivity index (χ3v) is 5.20. The topological polar surface area (TPSA) is 106 Å². The highest BCUT2D eigenvalue weighted by Crippen LogP contribution is 2.31. The molecule has 1 saturated heterocycles. The molecular formula is C20H25N5O4. The van der Waals surface area contributed by atoms with Crippen LogP contribution in [0.1, 0.15) is 55.8 Å². The van der Waals surface area contributed by atoms with Gasteiger partial charge in [-0.25, -0.2) is 9.50 Å². The molecule has 9 nitrogen and oxygen atoms in total. The first-order valence-corrected chi connectivity index (χ1v) is 10.0. The summed E-state index contributed by atoms with van der Waals surface area (Å²) in [5.41, 5.74) is 1.94. The van der Waals surface area contributed by atoms with Crippen molar-refractivity contribution < 1.29 is 14.1 Å². The molecule has 4 heterocycles. The quantitative estimate of drug-likeness (QED) is 0.682. The van der Waals surface area contributed by atoms with E-state index in [0.717, 1.165) is 25.0 Å². The van der Waals surface area contributed by atoms with Gasteiger partial charge in [0.05, 0.1) is 18.3 Å². The van der Waals surface area contributed by atoms with Crippen LogP contribution in [0.15, 0.2) is 27.5 Å². The fourth-order valence-electron chi connectivity index (χ4n) is 3.85. The Morgan fingerprint density at radius 3 is 3.03 bits per heavy atom. The number of rotatable bonds is 6. The van der Waals surface area contributed by atoms with Gasteiger partial charge in [0.25, 0.3) is 11.4 Å². The summed E-state index contributed by atoms with van der Waals surface area (Å²) in [5.74, 6) is 1.13. The predicted molar refractivity (Wildman–Crippen MR) is 105 cm³/mol. The predicted octanol–water partition coefficient (Wildman–Crippen LogP) is 2.40. The van der Waals surface area contributed by atoms with Gasteiger partial charge in [-0.2, -0.15) is 0 Å². The molecule has 0 aliphatic carbocycles. The number of aromatic nitrogens is 4. The average molecular weight is 399 g/mol.